The molecule has 2 atom stereocenters. The maximum atomic E-state index is 5.72. The molecular formula is C17H31N4S+. The fourth-order valence-corrected chi connectivity index (χ4v) is 3.47. The molecule has 1 aliphatic heterocycles. The Morgan fingerprint density at radius 3 is 2.77 bits per heavy atom. The lowest BCUT2D eigenvalue weighted by Gasteiger charge is -2.33. The number of thiocarbonyl (C=S) groups is 1. The van der Waals surface area contributed by atoms with E-state index in [2.05, 4.69) is 61.2 Å². The van der Waals surface area contributed by atoms with Crippen LogP contribution < -0.4 is 10.2 Å². The second-order valence-electron chi connectivity index (χ2n) is 6.91. The SMILES string of the molecule is C[C@H]1CC[C@@H](c2cccn2C)N(C(=S)NCC[NH+](C)C)CC1. The van der Waals surface area contributed by atoms with Crippen molar-refractivity contribution in [3.05, 3.63) is 24.0 Å². The maximum Gasteiger partial charge on any atom is 0.169 e. The van der Waals surface area contributed by atoms with Crippen LogP contribution in [-0.2, 0) is 7.05 Å². The van der Waals surface area contributed by atoms with Crippen molar-refractivity contribution >= 4 is 17.3 Å². The Hall–Kier alpha value is -1.07. The molecule has 124 valence electrons. The molecule has 0 bridgehead atoms. The van der Waals surface area contributed by atoms with Crippen LogP contribution in [0.2, 0.25) is 0 Å². The highest BCUT2D eigenvalue weighted by atomic mass is 32.1. The third-order valence-electron chi connectivity index (χ3n) is 4.66. The molecule has 0 aromatic carbocycles. The Morgan fingerprint density at radius 1 is 1.36 bits per heavy atom. The monoisotopic (exact) mass is 323 g/mol. The minimum atomic E-state index is 0.400. The van der Waals surface area contributed by atoms with Crippen LogP contribution in [0, 0.1) is 5.92 Å². The van der Waals surface area contributed by atoms with Crippen molar-refractivity contribution in [1.29, 1.82) is 0 Å². The van der Waals surface area contributed by atoms with E-state index in [1.807, 2.05) is 0 Å². The topological polar surface area (TPSA) is 24.6 Å². The summed E-state index contributed by atoms with van der Waals surface area (Å²) in [5, 5.41) is 4.38. The van der Waals surface area contributed by atoms with Crippen LogP contribution in [0.15, 0.2) is 18.3 Å². The maximum absolute atomic E-state index is 5.72. The van der Waals surface area contributed by atoms with Crippen molar-refractivity contribution in [2.75, 3.05) is 33.7 Å². The van der Waals surface area contributed by atoms with Gasteiger partial charge < -0.3 is 19.7 Å². The van der Waals surface area contributed by atoms with Crippen LogP contribution in [0.3, 0.4) is 0 Å². The van der Waals surface area contributed by atoms with Crippen molar-refractivity contribution in [2.45, 2.75) is 32.2 Å². The number of nitrogens with one attached hydrogen (secondary N) is 2. The summed E-state index contributed by atoms with van der Waals surface area (Å²) >= 11 is 5.72. The van der Waals surface area contributed by atoms with E-state index in [9.17, 15) is 0 Å². The number of rotatable bonds is 4. The van der Waals surface area contributed by atoms with Gasteiger partial charge in [-0.05, 0) is 49.5 Å². The molecule has 0 amide bonds. The van der Waals surface area contributed by atoms with E-state index in [1.54, 1.807) is 0 Å². The van der Waals surface area contributed by atoms with Crippen molar-refractivity contribution < 1.29 is 4.90 Å². The van der Waals surface area contributed by atoms with Crippen LogP contribution in [-0.4, -0.2) is 48.3 Å². The summed E-state index contributed by atoms with van der Waals surface area (Å²) in [6, 6.07) is 4.77. The smallest absolute Gasteiger partial charge is 0.169 e. The van der Waals surface area contributed by atoms with Crippen molar-refractivity contribution in [1.82, 2.24) is 14.8 Å². The average Bonchev–Trinajstić information content (AvgIpc) is 2.77. The Balaban J connectivity index is 2.09. The van der Waals surface area contributed by atoms with Crippen molar-refractivity contribution in [3.63, 3.8) is 0 Å². The van der Waals surface area contributed by atoms with Crippen molar-refractivity contribution in [3.8, 4) is 0 Å². The van der Waals surface area contributed by atoms with Crippen LogP contribution in [0.1, 0.15) is 37.9 Å². The molecule has 2 heterocycles. The van der Waals surface area contributed by atoms with Crippen LogP contribution in [0.5, 0.6) is 0 Å². The summed E-state index contributed by atoms with van der Waals surface area (Å²) < 4.78 is 2.24. The number of aromatic nitrogens is 1. The molecule has 1 aliphatic rings. The third-order valence-corrected chi connectivity index (χ3v) is 5.04. The molecule has 2 rings (SSSR count). The fraction of sp³-hybridized carbons (Fsp3) is 0.706. The minimum Gasteiger partial charge on any atom is -0.357 e. The highest BCUT2D eigenvalue weighted by Crippen LogP contribution is 2.32. The van der Waals surface area contributed by atoms with Crippen LogP contribution in [0.25, 0.3) is 0 Å². The van der Waals surface area contributed by atoms with E-state index in [1.165, 1.54) is 29.9 Å². The van der Waals surface area contributed by atoms with E-state index in [0.29, 0.717) is 6.04 Å². The van der Waals surface area contributed by atoms with E-state index < -0.39 is 0 Å². The average molecular weight is 324 g/mol. The number of aryl methyl sites for hydroxylation is 1. The van der Waals surface area contributed by atoms with Gasteiger partial charge in [0.1, 0.15) is 0 Å². The highest BCUT2D eigenvalue weighted by Gasteiger charge is 2.28. The molecule has 1 fully saturated rings. The highest BCUT2D eigenvalue weighted by molar-refractivity contribution is 7.80. The second kappa shape index (κ2) is 7.97. The summed E-state index contributed by atoms with van der Waals surface area (Å²) in [5.74, 6) is 0.779. The molecule has 4 nitrogen and oxygen atoms in total. The summed E-state index contributed by atoms with van der Waals surface area (Å²) in [4.78, 5) is 3.86. The van der Waals surface area contributed by atoms with Gasteiger partial charge in [0.05, 0.1) is 33.2 Å². The van der Waals surface area contributed by atoms with Gasteiger partial charge in [0, 0.05) is 25.5 Å². The van der Waals surface area contributed by atoms with E-state index in [-0.39, 0.29) is 0 Å². The van der Waals surface area contributed by atoms with Gasteiger partial charge in [0.25, 0.3) is 0 Å². The summed E-state index contributed by atoms with van der Waals surface area (Å²) in [5.41, 5.74) is 1.37. The van der Waals surface area contributed by atoms with Crippen LogP contribution >= 0.6 is 12.2 Å². The summed E-state index contributed by atoms with van der Waals surface area (Å²) in [7, 11) is 6.48. The quantitative estimate of drug-likeness (QED) is 0.815. The Labute approximate surface area is 140 Å². The van der Waals surface area contributed by atoms with E-state index >= 15 is 0 Å². The number of hydrogen-bond acceptors (Lipinski definition) is 1. The zero-order valence-corrected chi connectivity index (χ0v) is 15.2. The molecule has 1 saturated heterocycles. The molecule has 1 aromatic rings. The number of likely N-dealkylation sites (N-methyl/N-ethyl adjacent to an activating group) is 1. The molecule has 1 aromatic heterocycles. The minimum absolute atomic E-state index is 0.400. The predicted octanol–water partition coefficient (Wildman–Crippen LogP) is 1.21. The summed E-state index contributed by atoms with van der Waals surface area (Å²) in [6.07, 6.45) is 5.81. The van der Waals surface area contributed by atoms with Gasteiger partial charge in [-0.2, -0.15) is 0 Å². The fourth-order valence-electron chi connectivity index (χ4n) is 3.15. The molecule has 5 heteroatoms. The Morgan fingerprint density at radius 2 is 2.14 bits per heavy atom. The number of likely N-dealkylation sites (tertiary alicyclic amines) is 1. The lowest BCUT2D eigenvalue weighted by atomic mass is 10.0. The Bertz CT molecular complexity index is 483. The lowest BCUT2D eigenvalue weighted by Crippen LogP contribution is -3.06. The first kappa shape index (κ1) is 17.3. The van der Waals surface area contributed by atoms with Gasteiger partial charge in [0.2, 0.25) is 0 Å². The number of hydrogen-bond donors (Lipinski definition) is 2. The number of nitrogens with zero attached hydrogens (tertiary/aromatic N) is 2. The van der Waals surface area contributed by atoms with Gasteiger partial charge in [-0.1, -0.05) is 6.92 Å². The molecule has 0 radical (unpaired) electrons. The van der Waals surface area contributed by atoms with Gasteiger partial charge in [-0.15, -0.1) is 0 Å². The Kier molecular flexibility index (Phi) is 6.26. The molecule has 0 spiro atoms. The molecule has 0 saturated carbocycles. The first-order valence-corrected chi connectivity index (χ1v) is 8.84. The summed E-state index contributed by atoms with van der Waals surface area (Å²) in [6.45, 7) is 5.43. The zero-order valence-electron chi connectivity index (χ0n) is 14.4. The van der Waals surface area contributed by atoms with Crippen LogP contribution in [0.4, 0.5) is 0 Å². The molecule has 2 N–H and O–H groups in total. The lowest BCUT2D eigenvalue weighted by molar-refractivity contribution is -0.856. The largest absolute Gasteiger partial charge is 0.357 e. The zero-order chi connectivity index (χ0) is 16.1. The molecule has 22 heavy (non-hydrogen) atoms. The number of quaternary nitrogens is 1. The molecular weight excluding hydrogens is 292 g/mol. The van der Waals surface area contributed by atoms with E-state index in [4.69, 9.17) is 12.2 Å². The standard InChI is InChI=1S/C17H30N4S/c1-14-7-8-16(15-6-5-11-20(15)4)21(12-9-14)17(22)18-10-13-19(2)3/h5-6,11,14,16H,7-10,12-13H2,1-4H3,(H,18,22)/p+1/t14-,16-/m0/s1. The van der Waals surface area contributed by atoms with Gasteiger partial charge in [-0.25, -0.2) is 0 Å². The molecule has 0 aliphatic carbocycles. The first-order valence-electron chi connectivity index (χ1n) is 8.43. The van der Waals surface area contributed by atoms with Gasteiger partial charge in [0.15, 0.2) is 5.11 Å². The van der Waals surface area contributed by atoms with Crippen molar-refractivity contribution in [2.24, 2.45) is 13.0 Å². The van der Waals surface area contributed by atoms with Gasteiger partial charge >= 0.3 is 0 Å². The third kappa shape index (κ3) is 4.46. The predicted molar refractivity (Wildman–Crippen MR) is 96.2 cm³/mol. The first-order chi connectivity index (χ1) is 10.5. The molecule has 0 unspecified atom stereocenters. The normalized spacial score (nSPS) is 22.7. The van der Waals surface area contributed by atoms with E-state index in [0.717, 1.165) is 30.7 Å². The van der Waals surface area contributed by atoms with Gasteiger partial charge in [-0.3, -0.25) is 0 Å². The second-order valence-corrected chi connectivity index (χ2v) is 7.30.